The molecule has 0 aliphatic heterocycles. The van der Waals surface area contributed by atoms with Crippen LogP contribution in [0.2, 0.25) is 0 Å². The highest BCUT2D eigenvalue weighted by molar-refractivity contribution is 6.01. The van der Waals surface area contributed by atoms with Crippen molar-refractivity contribution in [3.8, 4) is 39.4 Å². The third kappa shape index (κ3) is 4.24. The molecule has 4 aromatic heterocycles. The van der Waals surface area contributed by atoms with Gasteiger partial charge >= 0.3 is 0 Å². The second-order valence-electron chi connectivity index (χ2n) is 8.89. The number of halogens is 1. The van der Waals surface area contributed by atoms with E-state index in [-0.39, 0.29) is 11.7 Å². The van der Waals surface area contributed by atoms with Crippen LogP contribution in [0.3, 0.4) is 0 Å². The molecule has 0 aliphatic carbocycles. The fourth-order valence-electron chi connectivity index (χ4n) is 4.56. The maximum Gasteiger partial charge on any atom is 0.224 e. The Balaban J connectivity index is 1.43. The summed E-state index contributed by atoms with van der Waals surface area (Å²) in [6.07, 6.45) is 5.46. The lowest BCUT2D eigenvalue weighted by Crippen LogP contribution is -2.09. The molecule has 3 N–H and O–H groups in total. The topological polar surface area (TPSA) is 109 Å². The van der Waals surface area contributed by atoms with E-state index in [4.69, 9.17) is 4.74 Å². The molecule has 0 saturated heterocycles. The molecule has 0 radical (unpaired) electrons. The van der Waals surface area contributed by atoms with Crippen LogP contribution in [-0.2, 0) is 4.79 Å². The van der Waals surface area contributed by atoms with Gasteiger partial charge in [-0.15, -0.1) is 0 Å². The summed E-state index contributed by atoms with van der Waals surface area (Å²) < 4.78 is 19.5. The Morgan fingerprint density at radius 2 is 1.87 bits per heavy atom. The van der Waals surface area contributed by atoms with Gasteiger partial charge in [0.1, 0.15) is 11.6 Å². The quantitative estimate of drug-likeness (QED) is 0.245. The van der Waals surface area contributed by atoms with Crippen molar-refractivity contribution in [2.75, 3.05) is 12.4 Å². The number of amides is 1. The summed E-state index contributed by atoms with van der Waals surface area (Å²) in [4.78, 5) is 24.1. The van der Waals surface area contributed by atoms with E-state index in [2.05, 4.69) is 30.5 Å². The average molecular weight is 507 g/mol. The molecule has 9 heteroatoms. The van der Waals surface area contributed by atoms with Gasteiger partial charge in [0.15, 0.2) is 5.65 Å². The van der Waals surface area contributed by atoms with E-state index in [0.717, 1.165) is 49.9 Å². The van der Waals surface area contributed by atoms with Crippen LogP contribution in [0.15, 0.2) is 73.2 Å². The zero-order chi connectivity index (χ0) is 26.2. The fourth-order valence-corrected chi connectivity index (χ4v) is 4.56. The van der Waals surface area contributed by atoms with Crippen LogP contribution in [0.4, 0.5) is 10.1 Å². The fraction of sp³-hybridized carbons (Fsp3) is 0.103. The molecule has 0 atom stereocenters. The van der Waals surface area contributed by atoms with E-state index in [0.29, 0.717) is 23.5 Å². The van der Waals surface area contributed by atoms with E-state index in [1.807, 2.05) is 42.5 Å². The molecule has 2 aromatic carbocycles. The lowest BCUT2D eigenvalue weighted by atomic mass is 10.0. The summed E-state index contributed by atoms with van der Waals surface area (Å²) in [5.41, 5.74) is 6.94. The first-order chi connectivity index (χ1) is 18.5. The van der Waals surface area contributed by atoms with Crippen molar-refractivity contribution in [2.24, 2.45) is 0 Å². The number of anilines is 1. The van der Waals surface area contributed by atoms with E-state index in [1.165, 1.54) is 19.2 Å². The number of nitrogens with one attached hydrogen (secondary N) is 3. The zero-order valence-corrected chi connectivity index (χ0v) is 20.7. The van der Waals surface area contributed by atoms with Crippen LogP contribution in [-0.4, -0.2) is 38.2 Å². The molecule has 0 unspecified atom stereocenters. The molecule has 6 aromatic rings. The van der Waals surface area contributed by atoms with E-state index in [9.17, 15) is 9.18 Å². The summed E-state index contributed by atoms with van der Waals surface area (Å²) in [5.74, 6) is 0.0151. The molecular weight excluding hydrogens is 483 g/mol. The Morgan fingerprint density at radius 1 is 1.00 bits per heavy atom. The van der Waals surface area contributed by atoms with Crippen LogP contribution in [0.25, 0.3) is 55.6 Å². The molecule has 0 fully saturated rings. The average Bonchev–Trinajstić information content (AvgIpc) is 3.56. The van der Waals surface area contributed by atoms with Crippen LogP contribution in [0.5, 0.6) is 5.75 Å². The SMILES string of the molecule is CCC(=O)Nc1cncc(-c2cnc3n[nH]c(-c4cc5c(-c6cc(F)cc(OC)c6)cccc5[nH]4)c3c2)c1. The van der Waals surface area contributed by atoms with Crippen LogP contribution < -0.4 is 10.1 Å². The molecule has 8 nitrogen and oxygen atoms in total. The van der Waals surface area contributed by atoms with Gasteiger partial charge in [-0.05, 0) is 47.5 Å². The first-order valence-corrected chi connectivity index (χ1v) is 12.1. The van der Waals surface area contributed by atoms with Gasteiger partial charge in [0, 0.05) is 52.3 Å². The van der Waals surface area contributed by atoms with Gasteiger partial charge in [0.25, 0.3) is 0 Å². The van der Waals surface area contributed by atoms with E-state index < -0.39 is 0 Å². The van der Waals surface area contributed by atoms with Crippen molar-refractivity contribution in [1.82, 2.24) is 25.1 Å². The lowest BCUT2D eigenvalue weighted by Gasteiger charge is -2.07. The molecule has 38 heavy (non-hydrogen) atoms. The predicted molar refractivity (Wildman–Crippen MR) is 145 cm³/mol. The Kier molecular flexibility index (Phi) is 5.80. The van der Waals surface area contributed by atoms with Crippen LogP contribution >= 0.6 is 0 Å². The highest BCUT2D eigenvalue weighted by atomic mass is 19.1. The standard InChI is InChI=1S/C29H23FN6O2/c1-3-27(37)33-20-8-17(13-31-15-20)18-10-24-28(35-36-29(24)32-14-18)26-12-23-22(5-4-6-25(23)34-26)16-7-19(30)11-21(9-16)38-2/h4-15,34H,3H2,1-2H3,(H,33,37)(H,32,35,36). The number of ether oxygens (including phenoxy) is 1. The second-order valence-corrected chi connectivity index (χ2v) is 8.89. The third-order valence-electron chi connectivity index (χ3n) is 6.44. The minimum absolute atomic E-state index is 0.0792. The third-order valence-corrected chi connectivity index (χ3v) is 6.44. The minimum Gasteiger partial charge on any atom is -0.497 e. The minimum atomic E-state index is -0.363. The molecule has 4 heterocycles. The Bertz CT molecular complexity index is 1820. The summed E-state index contributed by atoms with van der Waals surface area (Å²) in [6, 6.07) is 16.4. The van der Waals surface area contributed by atoms with Crippen molar-refractivity contribution in [1.29, 1.82) is 0 Å². The normalized spacial score (nSPS) is 11.2. The van der Waals surface area contributed by atoms with Crippen molar-refractivity contribution in [2.45, 2.75) is 13.3 Å². The van der Waals surface area contributed by atoms with Gasteiger partial charge < -0.3 is 15.0 Å². The summed E-state index contributed by atoms with van der Waals surface area (Å²) in [6.45, 7) is 1.80. The number of aromatic nitrogens is 5. The summed E-state index contributed by atoms with van der Waals surface area (Å²) in [7, 11) is 1.52. The number of fused-ring (bicyclic) bond motifs is 2. The Hall–Kier alpha value is -5.05. The Morgan fingerprint density at radius 3 is 2.71 bits per heavy atom. The van der Waals surface area contributed by atoms with Gasteiger partial charge in [0.2, 0.25) is 5.91 Å². The molecular formula is C29H23FN6O2. The van der Waals surface area contributed by atoms with E-state index in [1.54, 1.807) is 25.5 Å². The van der Waals surface area contributed by atoms with Crippen LogP contribution in [0.1, 0.15) is 13.3 Å². The van der Waals surface area contributed by atoms with Gasteiger partial charge in [-0.2, -0.15) is 5.10 Å². The first kappa shape index (κ1) is 23.4. The second kappa shape index (κ2) is 9.44. The number of hydrogen-bond acceptors (Lipinski definition) is 5. The predicted octanol–water partition coefficient (Wildman–Crippen LogP) is 6.33. The highest BCUT2D eigenvalue weighted by Crippen LogP contribution is 2.36. The monoisotopic (exact) mass is 506 g/mol. The van der Waals surface area contributed by atoms with Gasteiger partial charge in [-0.3, -0.25) is 14.9 Å². The van der Waals surface area contributed by atoms with Gasteiger partial charge in [-0.25, -0.2) is 9.37 Å². The number of hydrogen-bond donors (Lipinski definition) is 3. The van der Waals surface area contributed by atoms with Crippen molar-refractivity contribution in [3.63, 3.8) is 0 Å². The van der Waals surface area contributed by atoms with E-state index >= 15 is 0 Å². The maximum absolute atomic E-state index is 14.3. The number of rotatable bonds is 6. The molecule has 1 amide bonds. The number of carbonyl (C=O) groups is 1. The van der Waals surface area contributed by atoms with Crippen molar-refractivity contribution < 1.29 is 13.9 Å². The molecule has 0 spiro atoms. The molecule has 0 aliphatic rings. The summed E-state index contributed by atoms with van der Waals surface area (Å²) >= 11 is 0. The number of methoxy groups -OCH3 is 1. The number of H-pyrrole nitrogens is 2. The number of nitrogens with zero attached hydrogens (tertiary/aromatic N) is 3. The number of carbonyl (C=O) groups excluding carboxylic acids is 1. The smallest absolute Gasteiger partial charge is 0.224 e. The Labute approximate surface area is 216 Å². The van der Waals surface area contributed by atoms with Gasteiger partial charge in [0.05, 0.1) is 30.4 Å². The highest BCUT2D eigenvalue weighted by Gasteiger charge is 2.16. The first-order valence-electron chi connectivity index (χ1n) is 12.1. The number of aromatic amines is 2. The number of benzene rings is 2. The molecule has 0 saturated carbocycles. The maximum atomic E-state index is 14.3. The van der Waals surface area contributed by atoms with Crippen molar-refractivity contribution in [3.05, 3.63) is 79.0 Å². The summed E-state index contributed by atoms with van der Waals surface area (Å²) in [5, 5.41) is 12.1. The van der Waals surface area contributed by atoms with Crippen molar-refractivity contribution >= 4 is 33.5 Å². The lowest BCUT2D eigenvalue weighted by molar-refractivity contribution is -0.115. The largest absolute Gasteiger partial charge is 0.497 e. The number of pyridine rings is 2. The zero-order valence-electron chi connectivity index (χ0n) is 20.7. The van der Waals surface area contributed by atoms with Crippen LogP contribution in [0, 0.1) is 5.82 Å². The molecule has 6 rings (SSSR count). The molecule has 0 bridgehead atoms. The van der Waals surface area contributed by atoms with Gasteiger partial charge in [-0.1, -0.05) is 19.1 Å². The molecule has 188 valence electrons.